The summed E-state index contributed by atoms with van der Waals surface area (Å²) in [5.41, 5.74) is 0.332. The summed E-state index contributed by atoms with van der Waals surface area (Å²) >= 11 is 1.34. The highest BCUT2D eigenvalue weighted by Crippen LogP contribution is 2.38. The Morgan fingerprint density at radius 2 is 1.85 bits per heavy atom. The zero-order chi connectivity index (χ0) is 22.6. The summed E-state index contributed by atoms with van der Waals surface area (Å²) in [6.07, 6.45) is 7.59. The van der Waals surface area contributed by atoms with Crippen molar-refractivity contribution in [3.05, 3.63) is 51.9 Å². The Kier molecular flexibility index (Phi) is 5.29. The molecular weight excluding hydrogens is 438 g/mol. The minimum atomic E-state index is -0.937. The van der Waals surface area contributed by atoms with Gasteiger partial charge in [0.25, 0.3) is 5.56 Å². The van der Waals surface area contributed by atoms with Gasteiger partial charge in [-0.25, -0.2) is 4.98 Å². The lowest BCUT2D eigenvalue weighted by atomic mass is 9.93. The third kappa shape index (κ3) is 3.79. The number of ether oxygens (including phenoxy) is 2. The van der Waals surface area contributed by atoms with Crippen molar-refractivity contribution in [3.8, 4) is 11.4 Å². The van der Waals surface area contributed by atoms with Gasteiger partial charge in [-0.05, 0) is 63.1 Å². The third-order valence-corrected chi connectivity index (χ3v) is 8.99. The third-order valence-electron chi connectivity index (χ3n) is 7.69. The van der Waals surface area contributed by atoms with Gasteiger partial charge >= 0.3 is 0 Å². The van der Waals surface area contributed by atoms with E-state index in [0.717, 1.165) is 29.2 Å². The molecule has 3 aliphatic heterocycles. The van der Waals surface area contributed by atoms with Gasteiger partial charge < -0.3 is 19.5 Å². The van der Waals surface area contributed by atoms with Gasteiger partial charge in [0.1, 0.15) is 28.5 Å². The van der Waals surface area contributed by atoms with E-state index in [2.05, 4.69) is 16.9 Å². The highest BCUT2D eigenvalue weighted by molar-refractivity contribution is 7.19. The number of thiophene rings is 1. The number of rotatable bonds is 4. The van der Waals surface area contributed by atoms with Gasteiger partial charge in [0.2, 0.25) is 0 Å². The van der Waals surface area contributed by atoms with Gasteiger partial charge in [-0.2, -0.15) is 0 Å². The number of benzene rings is 1. The first-order chi connectivity index (χ1) is 16.0. The van der Waals surface area contributed by atoms with E-state index in [0.29, 0.717) is 48.4 Å². The summed E-state index contributed by atoms with van der Waals surface area (Å²) in [4.78, 5) is 21.0. The predicted octanol–water partition coefficient (Wildman–Crippen LogP) is 3.45. The summed E-state index contributed by atoms with van der Waals surface area (Å²) in [6.45, 7) is 1.05. The van der Waals surface area contributed by atoms with Crippen LogP contribution in [0.25, 0.3) is 15.9 Å². The molecule has 0 aliphatic carbocycles. The van der Waals surface area contributed by atoms with Crippen molar-refractivity contribution in [1.82, 2.24) is 14.5 Å². The Morgan fingerprint density at radius 3 is 2.55 bits per heavy atom. The number of hydrogen-bond acceptors (Lipinski definition) is 7. The zero-order valence-electron chi connectivity index (χ0n) is 18.8. The second kappa shape index (κ2) is 8.20. The molecule has 2 bridgehead atoms. The summed E-state index contributed by atoms with van der Waals surface area (Å²) in [5, 5.41) is 11.0. The smallest absolute Gasteiger partial charge is 0.275 e. The van der Waals surface area contributed by atoms with Crippen LogP contribution in [0.4, 0.5) is 0 Å². The van der Waals surface area contributed by atoms with Crippen molar-refractivity contribution in [3.63, 3.8) is 0 Å². The molecule has 0 spiro atoms. The molecule has 0 unspecified atom stereocenters. The van der Waals surface area contributed by atoms with Gasteiger partial charge in [-0.3, -0.25) is 9.36 Å². The summed E-state index contributed by atoms with van der Waals surface area (Å²) in [6, 6.07) is 10.8. The molecule has 1 aromatic carbocycles. The monoisotopic (exact) mass is 467 g/mol. The average Bonchev–Trinajstić information content (AvgIpc) is 3.34. The maximum atomic E-state index is 13.2. The second-order valence-electron chi connectivity index (χ2n) is 9.64. The number of piperidine rings is 1. The Hall–Kier alpha value is -2.26. The molecule has 0 radical (unpaired) electrons. The van der Waals surface area contributed by atoms with E-state index in [1.54, 1.807) is 10.9 Å². The summed E-state index contributed by atoms with van der Waals surface area (Å²) in [5.74, 6) is 0.843. The molecule has 3 aromatic rings. The van der Waals surface area contributed by atoms with Crippen molar-refractivity contribution in [2.45, 2.75) is 62.3 Å². The Labute approximate surface area is 196 Å². The van der Waals surface area contributed by atoms with Crippen LogP contribution < -0.4 is 10.3 Å². The molecule has 2 aromatic heterocycles. The van der Waals surface area contributed by atoms with Crippen molar-refractivity contribution in [2.75, 3.05) is 20.3 Å². The van der Waals surface area contributed by atoms with E-state index in [1.807, 2.05) is 30.3 Å². The van der Waals surface area contributed by atoms with E-state index in [1.165, 1.54) is 24.2 Å². The molecule has 1 N–H and O–H groups in total. The van der Waals surface area contributed by atoms with E-state index in [9.17, 15) is 9.90 Å². The fourth-order valence-corrected chi connectivity index (χ4v) is 6.80. The van der Waals surface area contributed by atoms with E-state index < -0.39 is 5.60 Å². The van der Waals surface area contributed by atoms with Crippen LogP contribution in [0, 0.1) is 0 Å². The molecule has 5 heterocycles. The lowest BCUT2D eigenvalue weighted by Gasteiger charge is -2.36. The van der Waals surface area contributed by atoms with Crippen LogP contribution in [0.5, 0.6) is 5.75 Å². The molecular formula is C25H29N3O4S. The lowest BCUT2D eigenvalue weighted by molar-refractivity contribution is -0.0655. The van der Waals surface area contributed by atoms with E-state index >= 15 is 0 Å². The van der Waals surface area contributed by atoms with Crippen LogP contribution in [0.1, 0.15) is 43.4 Å². The second-order valence-corrected chi connectivity index (χ2v) is 10.7. The van der Waals surface area contributed by atoms with Gasteiger partial charge in [0.05, 0.1) is 11.2 Å². The molecule has 6 rings (SSSR count). The Bertz CT molecular complexity index is 1200. The number of aromatic nitrogens is 2. The van der Waals surface area contributed by atoms with Crippen molar-refractivity contribution in [1.29, 1.82) is 0 Å². The molecule has 3 aliphatic rings. The normalized spacial score (nSPS) is 27.2. The number of aliphatic hydroxyl groups is 1. The van der Waals surface area contributed by atoms with Crippen molar-refractivity contribution >= 4 is 21.6 Å². The van der Waals surface area contributed by atoms with Gasteiger partial charge in [-0.15, -0.1) is 11.3 Å². The molecule has 3 atom stereocenters. The summed E-state index contributed by atoms with van der Waals surface area (Å²) < 4.78 is 13.8. The van der Waals surface area contributed by atoms with Crippen LogP contribution >= 0.6 is 11.3 Å². The average molecular weight is 468 g/mol. The molecule has 8 heteroatoms. The van der Waals surface area contributed by atoms with Crippen molar-refractivity contribution < 1.29 is 14.6 Å². The SMILES string of the molecule is CN1[C@@H]2CC[C@H]1C[C@@H](Oc1ccc(-n3cnc4cc(C5(O)CCOCC5)sc4c3=O)cc1)C2. The number of fused-ring (bicyclic) bond motifs is 3. The molecule has 0 saturated carbocycles. The molecule has 174 valence electrons. The zero-order valence-corrected chi connectivity index (χ0v) is 19.6. The van der Waals surface area contributed by atoms with E-state index in [-0.39, 0.29) is 11.7 Å². The molecule has 3 saturated heterocycles. The lowest BCUT2D eigenvalue weighted by Crippen LogP contribution is -2.43. The van der Waals surface area contributed by atoms with E-state index in [4.69, 9.17) is 9.47 Å². The van der Waals surface area contributed by atoms with Crippen LogP contribution in [-0.2, 0) is 10.3 Å². The largest absolute Gasteiger partial charge is 0.490 e. The first-order valence-electron chi connectivity index (χ1n) is 11.8. The van der Waals surface area contributed by atoms with Crippen LogP contribution in [0.3, 0.4) is 0 Å². The number of hydrogen-bond donors (Lipinski definition) is 1. The van der Waals surface area contributed by atoms with Crippen LogP contribution in [0.2, 0.25) is 0 Å². The maximum Gasteiger partial charge on any atom is 0.275 e. The fraction of sp³-hybridized carbons (Fsp3) is 0.520. The molecule has 33 heavy (non-hydrogen) atoms. The van der Waals surface area contributed by atoms with Crippen LogP contribution in [-0.4, -0.2) is 58.0 Å². The molecule has 0 amide bonds. The summed E-state index contributed by atoms with van der Waals surface area (Å²) in [7, 11) is 2.23. The first-order valence-corrected chi connectivity index (χ1v) is 12.6. The maximum absolute atomic E-state index is 13.2. The standard InChI is InChI=1S/C25H29N3O4S/c1-27-17-2-3-18(27)13-20(12-17)32-19-6-4-16(5-7-19)28-15-26-21-14-22(33-23(21)24(28)29)25(30)8-10-31-11-9-25/h4-7,14-15,17-18,20,30H,2-3,8-13H2,1H3/t17-,18+,20+. The van der Waals surface area contributed by atoms with Gasteiger partial charge in [0, 0.05) is 43.0 Å². The highest BCUT2D eigenvalue weighted by atomic mass is 32.1. The Morgan fingerprint density at radius 1 is 1.15 bits per heavy atom. The van der Waals surface area contributed by atoms with Crippen molar-refractivity contribution in [2.24, 2.45) is 0 Å². The molecule has 3 fully saturated rings. The minimum Gasteiger partial charge on any atom is -0.490 e. The topological polar surface area (TPSA) is 76.8 Å². The number of nitrogens with zero attached hydrogens (tertiary/aromatic N) is 3. The minimum absolute atomic E-state index is 0.118. The van der Waals surface area contributed by atoms with Gasteiger partial charge in [-0.1, -0.05) is 0 Å². The predicted molar refractivity (Wildman–Crippen MR) is 127 cm³/mol. The Balaban J connectivity index is 1.23. The molecule has 7 nitrogen and oxygen atoms in total. The quantitative estimate of drug-likeness (QED) is 0.633. The first kappa shape index (κ1) is 21.3. The fourth-order valence-electron chi connectivity index (χ4n) is 5.62. The highest BCUT2D eigenvalue weighted by Gasteiger charge is 2.39. The van der Waals surface area contributed by atoms with Crippen LogP contribution in [0.15, 0.2) is 41.5 Å². The van der Waals surface area contributed by atoms with Gasteiger partial charge in [0.15, 0.2) is 0 Å².